The van der Waals surface area contributed by atoms with E-state index in [2.05, 4.69) is 97.1 Å². The Morgan fingerprint density at radius 3 is 1.25 bits per heavy atom. The van der Waals surface area contributed by atoms with Crippen molar-refractivity contribution in [2.45, 2.75) is 13.8 Å². The van der Waals surface area contributed by atoms with Crippen LogP contribution in [0.4, 0.5) is 0 Å². The van der Waals surface area contributed by atoms with Crippen molar-refractivity contribution >= 4 is 27.6 Å². The molecule has 0 aliphatic carbocycles. The van der Waals surface area contributed by atoms with Crippen molar-refractivity contribution in [2.24, 2.45) is 0 Å². The number of hydrogen-bond donors (Lipinski definition) is 0. The first kappa shape index (κ1) is 37.3. The van der Waals surface area contributed by atoms with Crippen LogP contribution < -0.4 is 5.11 Å². The largest absolute Gasteiger partial charge is 3.00 e. The van der Waals surface area contributed by atoms with Gasteiger partial charge < -0.3 is 5.11 Å². The van der Waals surface area contributed by atoms with Gasteiger partial charge in [0.25, 0.3) is 0 Å². The second-order valence-corrected chi connectivity index (χ2v) is 11.9. The predicted molar refractivity (Wildman–Crippen MR) is 207 cm³/mol. The molecule has 0 saturated heterocycles. The van der Waals surface area contributed by atoms with E-state index in [-0.39, 0.29) is 31.6 Å². The summed E-state index contributed by atoms with van der Waals surface area (Å²) in [6.45, 7) is 2.70. The number of carbonyl (C=O) groups is 1. The van der Waals surface area contributed by atoms with Crippen molar-refractivity contribution in [3.05, 3.63) is 194 Å². The van der Waals surface area contributed by atoms with Gasteiger partial charge >= 0.3 is 20.1 Å². The van der Waals surface area contributed by atoms with Crippen molar-refractivity contribution in [1.29, 1.82) is 0 Å². The molecular weight excluding hydrogens is 817 g/mol. The molecule has 0 amide bonds. The van der Waals surface area contributed by atoms with Gasteiger partial charge in [-0.1, -0.05) is 151 Å². The number of ketones is 1. The van der Waals surface area contributed by atoms with E-state index in [1.807, 2.05) is 84.9 Å². The molecule has 0 spiro atoms. The zero-order chi connectivity index (χ0) is 35.4. The smallest absolute Gasteiger partial charge is 0.876 e. The monoisotopic (exact) mass is 852 g/mol. The molecule has 0 bridgehead atoms. The minimum Gasteiger partial charge on any atom is -0.876 e. The number of carbonyl (C=O) groups excluding carboxylic acids is 1. The van der Waals surface area contributed by atoms with Crippen LogP contribution in [-0.4, -0.2) is 15.8 Å². The van der Waals surface area contributed by atoms with E-state index in [1.54, 1.807) is 0 Å². The number of pyridine rings is 2. The molecule has 2 aromatic heterocycles. The van der Waals surface area contributed by atoms with Crippen LogP contribution in [0.3, 0.4) is 0 Å². The average molecular weight is 852 g/mol. The number of para-hydroxylation sites is 2. The average Bonchev–Trinajstić information content (AvgIpc) is 3.18. The van der Waals surface area contributed by atoms with E-state index >= 15 is 0 Å². The third-order valence-corrected chi connectivity index (χ3v) is 7.99. The maximum Gasteiger partial charge on any atom is 3.00 e. The molecule has 0 N–H and O–H groups in total. The molecule has 2 heterocycles. The Kier molecular flexibility index (Phi) is 13.1. The molecule has 0 atom stereocenters. The van der Waals surface area contributed by atoms with Crippen LogP contribution in [0.1, 0.15) is 13.8 Å². The number of hydrogen-bond acceptors (Lipinski definition) is 4. The minimum atomic E-state index is -0.187. The van der Waals surface area contributed by atoms with E-state index in [0.717, 1.165) is 50.4 Å². The molecule has 0 saturated carbocycles. The molecule has 254 valence electrons. The summed E-state index contributed by atoms with van der Waals surface area (Å²) in [4.78, 5) is 19.4. The van der Waals surface area contributed by atoms with Crippen LogP contribution in [0.2, 0.25) is 0 Å². The fourth-order valence-electron chi connectivity index (χ4n) is 5.51. The van der Waals surface area contributed by atoms with E-state index < -0.39 is 0 Å². The summed E-state index contributed by atoms with van der Waals surface area (Å²) in [5, 5.41) is 12.3. The second kappa shape index (κ2) is 18.3. The topological polar surface area (TPSA) is 65.9 Å². The third kappa shape index (κ3) is 10.0. The summed E-state index contributed by atoms with van der Waals surface area (Å²) in [5.74, 6) is -0.375. The Hall–Kier alpha value is -6.00. The molecule has 5 heteroatoms. The molecule has 0 radical (unpaired) electrons. The van der Waals surface area contributed by atoms with Crippen molar-refractivity contribution < 1.29 is 30.0 Å². The molecular formula is C47H35IrN2O2. The van der Waals surface area contributed by atoms with Crippen LogP contribution in [0.25, 0.3) is 66.6 Å². The fourth-order valence-corrected chi connectivity index (χ4v) is 5.51. The van der Waals surface area contributed by atoms with Crippen molar-refractivity contribution in [2.75, 3.05) is 0 Å². The second-order valence-electron chi connectivity index (χ2n) is 11.9. The third-order valence-electron chi connectivity index (χ3n) is 7.99. The summed E-state index contributed by atoms with van der Waals surface area (Å²) in [6.07, 6.45) is 1.06. The van der Waals surface area contributed by atoms with E-state index in [4.69, 9.17) is 9.97 Å². The number of allylic oxidation sites excluding steroid dienone is 2. The van der Waals surface area contributed by atoms with Crippen LogP contribution in [-0.2, 0) is 24.9 Å². The molecule has 0 aliphatic rings. The molecule has 0 aliphatic heterocycles. The SMILES string of the molecule is CC(=O)/C=C(/C)[O-].[Ir+3].[c-]1cc(-c2ccccc2)ccc1-c1ccc2ccccc2n1.[c-]1cc(-c2ccccc2)ccc1-c1ccc2ccccc2n1. The standard InChI is InChI=1S/2C21H14N.C5H8O2.Ir/c2*1-2-6-16(7-3-1)17-10-12-19(13-11-17)21-15-14-18-8-4-5-9-20(18)22-21;1-4(6)3-5(2)7;/h2*1-12,14-15H;3,6H,1-2H3;/q2*-1;;+3/p-1/b;;4-3-;. The quantitative estimate of drug-likeness (QED) is 0.0983. The molecule has 8 aromatic rings. The van der Waals surface area contributed by atoms with Gasteiger partial charge in [0.2, 0.25) is 0 Å². The Morgan fingerprint density at radius 1 is 0.500 bits per heavy atom. The van der Waals surface area contributed by atoms with E-state index in [1.165, 1.54) is 36.1 Å². The minimum absolute atomic E-state index is 0. The van der Waals surface area contributed by atoms with Crippen molar-refractivity contribution in [3.63, 3.8) is 0 Å². The van der Waals surface area contributed by atoms with Gasteiger partial charge in [-0.15, -0.1) is 65.4 Å². The zero-order valence-electron chi connectivity index (χ0n) is 28.8. The van der Waals surface area contributed by atoms with Gasteiger partial charge in [-0.25, -0.2) is 0 Å². The van der Waals surface area contributed by atoms with E-state index in [0.29, 0.717) is 0 Å². The molecule has 4 nitrogen and oxygen atoms in total. The van der Waals surface area contributed by atoms with Crippen LogP contribution in [0.15, 0.2) is 182 Å². The van der Waals surface area contributed by atoms with Crippen molar-refractivity contribution in [3.8, 4) is 44.8 Å². The maximum absolute atomic E-state index is 9.98. The summed E-state index contributed by atoms with van der Waals surface area (Å²) < 4.78 is 0. The predicted octanol–water partition coefficient (Wildman–Crippen LogP) is 10.6. The Balaban J connectivity index is 0.000000168. The van der Waals surface area contributed by atoms with Gasteiger partial charge in [-0.05, 0) is 47.3 Å². The number of aromatic nitrogens is 2. The summed E-state index contributed by atoms with van der Waals surface area (Å²) in [5.41, 5.74) is 10.7. The van der Waals surface area contributed by atoms with Gasteiger partial charge in [0.1, 0.15) is 0 Å². The van der Waals surface area contributed by atoms with Crippen LogP contribution in [0.5, 0.6) is 0 Å². The number of fused-ring (bicyclic) bond motifs is 2. The normalized spacial score (nSPS) is 10.6. The van der Waals surface area contributed by atoms with Crippen LogP contribution in [0, 0.1) is 12.1 Å². The van der Waals surface area contributed by atoms with Crippen LogP contribution >= 0.6 is 0 Å². The Morgan fingerprint density at radius 2 is 0.904 bits per heavy atom. The van der Waals surface area contributed by atoms with Gasteiger partial charge in [-0.2, -0.15) is 0 Å². The molecule has 8 rings (SSSR count). The van der Waals surface area contributed by atoms with Gasteiger partial charge in [0.15, 0.2) is 5.78 Å². The molecule has 52 heavy (non-hydrogen) atoms. The van der Waals surface area contributed by atoms with E-state index in [9.17, 15) is 9.90 Å². The zero-order valence-corrected chi connectivity index (χ0v) is 31.2. The first-order chi connectivity index (χ1) is 24.9. The fraction of sp³-hybridized carbons (Fsp3) is 0.0426. The summed E-state index contributed by atoms with van der Waals surface area (Å²) in [6, 6.07) is 64.5. The first-order valence-corrected chi connectivity index (χ1v) is 16.7. The molecule has 0 fully saturated rings. The number of rotatable bonds is 5. The van der Waals surface area contributed by atoms with Crippen molar-refractivity contribution in [1.82, 2.24) is 9.97 Å². The van der Waals surface area contributed by atoms with Gasteiger partial charge in [-0.3, -0.25) is 14.8 Å². The number of benzene rings is 6. The first-order valence-electron chi connectivity index (χ1n) is 16.7. The Bertz CT molecular complexity index is 2230. The Labute approximate surface area is 318 Å². The maximum atomic E-state index is 9.98. The number of nitrogens with zero attached hydrogens (tertiary/aromatic N) is 2. The molecule has 6 aromatic carbocycles. The van der Waals surface area contributed by atoms with Gasteiger partial charge in [0, 0.05) is 0 Å². The van der Waals surface area contributed by atoms with Gasteiger partial charge in [0.05, 0.1) is 11.0 Å². The summed E-state index contributed by atoms with van der Waals surface area (Å²) >= 11 is 0. The summed E-state index contributed by atoms with van der Waals surface area (Å²) in [7, 11) is 0. The molecule has 0 unspecified atom stereocenters.